The number of carbonyl (C=O) groups is 1. The van der Waals surface area contributed by atoms with Crippen LogP contribution in [0, 0.1) is 0 Å². The first-order valence-corrected chi connectivity index (χ1v) is 9.45. The van der Waals surface area contributed by atoms with Gasteiger partial charge in [-0.15, -0.1) is 0 Å². The van der Waals surface area contributed by atoms with E-state index in [4.69, 9.17) is 14.2 Å². The highest BCUT2D eigenvalue weighted by molar-refractivity contribution is 5.85. The first-order chi connectivity index (χ1) is 13.5. The number of nitrogens with one attached hydrogen (secondary N) is 2. The summed E-state index contributed by atoms with van der Waals surface area (Å²) in [5.41, 5.74) is 1.82. The summed E-state index contributed by atoms with van der Waals surface area (Å²) in [6.45, 7) is 3.94. The van der Waals surface area contributed by atoms with Gasteiger partial charge in [-0.1, -0.05) is 43.7 Å². The zero-order chi connectivity index (χ0) is 20.5. The molecule has 2 atom stereocenters. The minimum absolute atomic E-state index is 0.0112. The molecule has 152 valence electrons. The molecule has 0 radical (unpaired) electrons. The van der Waals surface area contributed by atoms with Gasteiger partial charge in [0.15, 0.2) is 11.5 Å². The maximum absolute atomic E-state index is 12.8. The lowest BCUT2D eigenvalue weighted by atomic mass is 10.0. The van der Waals surface area contributed by atoms with E-state index >= 15 is 0 Å². The quantitative estimate of drug-likeness (QED) is 0.641. The predicted octanol–water partition coefficient (Wildman–Crippen LogP) is 4.17. The second-order valence-electron chi connectivity index (χ2n) is 6.54. The van der Waals surface area contributed by atoms with Crippen LogP contribution in [0.25, 0.3) is 0 Å². The van der Waals surface area contributed by atoms with Crippen molar-refractivity contribution in [3.05, 3.63) is 48.0 Å². The van der Waals surface area contributed by atoms with E-state index in [0.717, 1.165) is 18.4 Å². The number of methoxy groups -OCH3 is 3. The molecule has 0 fully saturated rings. The van der Waals surface area contributed by atoms with Crippen molar-refractivity contribution in [1.29, 1.82) is 0 Å². The zero-order valence-corrected chi connectivity index (χ0v) is 17.2. The van der Waals surface area contributed by atoms with Gasteiger partial charge >= 0.3 is 0 Å². The fraction of sp³-hybridized carbons (Fsp3) is 0.409. The van der Waals surface area contributed by atoms with Crippen molar-refractivity contribution in [2.75, 3.05) is 26.6 Å². The van der Waals surface area contributed by atoms with Crippen LogP contribution < -0.4 is 24.8 Å². The van der Waals surface area contributed by atoms with Gasteiger partial charge in [0.25, 0.3) is 0 Å². The molecule has 6 heteroatoms. The number of hydrogen-bond donors (Lipinski definition) is 2. The number of carbonyl (C=O) groups excluding carboxylic acids is 1. The first-order valence-electron chi connectivity index (χ1n) is 9.45. The van der Waals surface area contributed by atoms with E-state index in [9.17, 15) is 4.79 Å². The van der Waals surface area contributed by atoms with Crippen LogP contribution in [-0.4, -0.2) is 33.3 Å². The first kappa shape index (κ1) is 21.4. The number of anilines is 1. The Hall–Kier alpha value is -2.89. The van der Waals surface area contributed by atoms with Gasteiger partial charge in [0, 0.05) is 17.8 Å². The molecule has 2 aromatic rings. The summed E-state index contributed by atoms with van der Waals surface area (Å²) in [4.78, 5) is 12.8. The highest BCUT2D eigenvalue weighted by Crippen LogP contribution is 2.40. The Morgan fingerprint density at radius 1 is 1.00 bits per heavy atom. The predicted molar refractivity (Wildman–Crippen MR) is 111 cm³/mol. The summed E-state index contributed by atoms with van der Waals surface area (Å²) in [6.07, 6.45) is 1.86. The molecule has 1 amide bonds. The number of amides is 1. The molecule has 0 saturated heterocycles. The Kier molecular flexibility index (Phi) is 7.99. The molecule has 0 aromatic heterocycles. The lowest BCUT2D eigenvalue weighted by Gasteiger charge is -2.23. The Morgan fingerprint density at radius 3 is 2.11 bits per heavy atom. The topological polar surface area (TPSA) is 68.8 Å². The average molecular weight is 386 g/mol. The van der Waals surface area contributed by atoms with E-state index in [1.807, 2.05) is 37.3 Å². The van der Waals surface area contributed by atoms with Gasteiger partial charge in [-0.3, -0.25) is 4.79 Å². The minimum Gasteiger partial charge on any atom is -0.493 e. The standard InChI is InChI=1S/C22H30N2O4/c1-6-10-18(16-11-8-7-9-12-16)24-22(25)15(2)23-17-13-19(26-3)21(28-5)20(14-17)27-4/h7-9,11-15,18,23H,6,10H2,1-5H3,(H,24,25). The van der Waals surface area contributed by atoms with Crippen molar-refractivity contribution in [2.45, 2.75) is 38.8 Å². The van der Waals surface area contributed by atoms with Gasteiger partial charge in [0.2, 0.25) is 11.7 Å². The van der Waals surface area contributed by atoms with E-state index in [2.05, 4.69) is 17.6 Å². The summed E-state index contributed by atoms with van der Waals surface area (Å²) >= 11 is 0. The molecular formula is C22H30N2O4. The van der Waals surface area contributed by atoms with Gasteiger partial charge < -0.3 is 24.8 Å². The number of rotatable bonds is 10. The van der Waals surface area contributed by atoms with Crippen molar-refractivity contribution in [1.82, 2.24) is 5.32 Å². The van der Waals surface area contributed by atoms with Crippen molar-refractivity contribution < 1.29 is 19.0 Å². The van der Waals surface area contributed by atoms with Crippen LogP contribution in [0.15, 0.2) is 42.5 Å². The smallest absolute Gasteiger partial charge is 0.242 e. The van der Waals surface area contributed by atoms with Crippen LogP contribution in [-0.2, 0) is 4.79 Å². The maximum Gasteiger partial charge on any atom is 0.242 e. The lowest BCUT2D eigenvalue weighted by Crippen LogP contribution is -2.39. The molecule has 0 bridgehead atoms. The van der Waals surface area contributed by atoms with E-state index < -0.39 is 6.04 Å². The summed E-state index contributed by atoms with van der Waals surface area (Å²) in [5.74, 6) is 1.51. The average Bonchev–Trinajstić information content (AvgIpc) is 2.73. The maximum atomic E-state index is 12.8. The molecule has 0 spiro atoms. The molecule has 2 unspecified atom stereocenters. The number of hydrogen-bond acceptors (Lipinski definition) is 5. The molecule has 2 N–H and O–H groups in total. The highest BCUT2D eigenvalue weighted by atomic mass is 16.5. The molecule has 6 nitrogen and oxygen atoms in total. The molecule has 28 heavy (non-hydrogen) atoms. The summed E-state index contributed by atoms with van der Waals surface area (Å²) in [5, 5.41) is 6.36. The van der Waals surface area contributed by atoms with Gasteiger partial charge in [-0.2, -0.15) is 0 Å². The van der Waals surface area contributed by atoms with Crippen LogP contribution in [0.5, 0.6) is 17.2 Å². The molecule has 2 aromatic carbocycles. The van der Waals surface area contributed by atoms with Crippen molar-refractivity contribution in [3.63, 3.8) is 0 Å². The number of benzene rings is 2. The fourth-order valence-corrected chi connectivity index (χ4v) is 3.07. The summed E-state index contributed by atoms with van der Waals surface area (Å²) in [7, 11) is 4.68. The Bertz CT molecular complexity index is 739. The third-order valence-electron chi connectivity index (χ3n) is 4.54. The van der Waals surface area contributed by atoms with Crippen LogP contribution in [0.3, 0.4) is 0 Å². The van der Waals surface area contributed by atoms with Crippen molar-refractivity contribution >= 4 is 11.6 Å². The zero-order valence-electron chi connectivity index (χ0n) is 17.2. The Morgan fingerprint density at radius 2 is 1.61 bits per heavy atom. The van der Waals surface area contributed by atoms with Crippen LogP contribution in [0.4, 0.5) is 5.69 Å². The van der Waals surface area contributed by atoms with Crippen LogP contribution in [0.1, 0.15) is 38.3 Å². The van der Waals surface area contributed by atoms with Gasteiger partial charge in [-0.25, -0.2) is 0 Å². The molecule has 0 aliphatic rings. The van der Waals surface area contributed by atoms with E-state index in [-0.39, 0.29) is 11.9 Å². The normalized spacial score (nSPS) is 12.6. The molecule has 0 heterocycles. The second kappa shape index (κ2) is 10.4. The summed E-state index contributed by atoms with van der Waals surface area (Å²) < 4.78 is 16.1. The largest absolute Gasteiger partial charge is 0.493 e. The van der Waals surface area contributed by atoms with Crippen molar-refractivity contribution in [3.8, 4) is 17.2 Å². The molecule has 0 saturated carbocycles. The molecular weight excluding hydrogens is 356 g/mol. The van der Waals surface area contributed by atoms with Gasteiger partial charge in [0.1, 0.15) is 6.04 Å². The monoisotopic (exact) mass is 386 g/mol. The van der Waals surface area contributed by atoms with Gasteiger partial charge in [0.05, 0.1) is 27.4 Å². The third-order valence-corrected chi connectivity index (χ3v) is 4.54. The fourth-order valence-electron chi connectivity index (χ4n) is 3.07. The Labute approximate surface area is 167 Å². The van der Waals surface area contributed by atoms with Crippen molar-refractivity contribution in [2.24, 2.45) is 0 Å². The minimum atomic E-state index is -0.439. The third kappa shape index (κ3) is 5.31. The Balaban J connectivity index is 2.13. The second-order valence-corrected chi connectivity index (χ2v) is 6.54. The SMILES string of the molecule is CCCC(NC(=O)C(C)Nc1cc(OC)c(OC)c(OC)c1)c1ccccc1. The van der Waals surface area contributed by atoms with Gasteiger partial charge in [-0.05, 0) is 18.9 Å². The van der Waals surface area contributed by atoms with E-state index in [0.29, 0.717) is 22.9 Å². The summed E-state index contributed by atoms with van der Waals surface area (Å²) in [6, 6.07) is 13.1. The van der Waals surface area contributed by atoms with E-state index in [1.165, 1.54) is 0 Å². The number of ether oxygens (including phenoxy) is 3. The molecule has 2 rings (SSSR count). The van der Waals surface area contributed by atoms with E-state index in [1.54, 1.807) is 33.5 Å². The van der Waals surface area contributed by atoms with Crippen LogP contribution in [0.2, 0.25) is 0 Å². The lowest BCUT2D eigenvalue weighted by molar-refractivity contribution is -0.122. The highest BCUT2D eigenvalue weighted by Gasteiger charge is 2.20. The molecule has 0 aliphatic carbocycles. The molecule has 0 aliphatic heterocycles. The van der Waals surface area contributed by atoms with Crippen LogP contribution >= 0.6 is 0 Å².